The minimum Gasteiger partial charge on any atom is -0.339 e. The van der Waals surface area contributed by atoms with Gasteiger partial charge in [0.2, 0.25) is 5.91 Å². The first-order valence-corrected chi connectivity index (χ1v) is 7.74. The Kier molecular flexibility index (Phi) is 5.23. The molecule has 0 radical (unpaired) electrons. The van der Waals surface area contributed by atoms with Crippen molar-refractivity contribution < 1.29 is 9.59 Å². The van der Waals surface area contributed by atoms with Crippen molar-refractivity contribution in [3.8, 4) is 0 Å². The third kappa shape index (κ3) is 3.76. The summed E-state index contributed by atoms with van der Waals surface area (Å²) < 4.78 is 0. The van der Waals surface area contributed by atoms with Gasteiger partial charge in [-0.2, -0.15) is 0 Å². The molecule has 2 rings (SSSR count). The lowest BCUT2D eigenvalue weighted by molar-refractivity contribution is -0.136. The van der Waals surface area contributed by atoms with Gasteiger partial charge < -0.3 is 9.80 Å². The molecule has 0 bridgehead atoms. The fraction of sp³-hybridized carbons (Fsp3) is 0.500. The number of benzene rings is 1. The number of halogens is 1. The van der Waals surface area contributed by atoms with E-state index in [1.807, 2.05) is 18.7 Å². The van der Waals surface area contributed by atoms with Crippen molar-refractivity contribution >= 4 is 23.4 Å². The summed E-state index contributed by atoms with van der Waals surface area (Å²) in [4.78, 5) is 28.1. The third-order valence-corrected chi connectivity index (χ3v) is 4.26. The number of hydrogen-bond acceptors (Lipinski definition) is 2. The molecule has 1 aromatic carbocycles. The van der Waals surface area contributed by atoms with Crippen LogP contribution in [-0.4, -0.2) is 47.8 Å². The summed E-state index contributed by atoms with van der Waals surface area (Å²) in [5, 5.41) is 0.621. The molecule has 0 aromatic heterocycles. The van der Waals surface area contributed by atoms with Gasteiger partial charge in [0.1, 0.15) is 0 Å². The van der Waals surface area contributed by atoms with Crippen LogP contribution in [0.2, 0.25) is 5.02 Å². The van der Waals surface area contributed by atoms with Gasteiger partial charge >= 0.3 is 0 Å². The Morgan fingerprint density at radius 3 is 2.14 bits per heavy atom. The SMILES string of the molecule is CCC(C)C(=O)N1CCN(C(=O)c2ccc(Cl)cc2)CC1. The van der Waals surface area contributed by atoms with E-state index in [0.29, 0.717) is 36.8 Å². The van der Waals surface area contributed by atoms with E-state index in [1.54, 1.807) is 29.2 Å². The van der Waals surface area contributed by atoms with Gasteiger partial charge in [0.15, 0.2) is 0 Å². The van der Waals surface area contributed by atoms with Crippen LogP contribution in [0, 0.1) is 5.92 Å². The van der Waals surface area contributed by atoms with Crippen molar-refractivity contribution in [3.63, 3.8) is 0 Å². The molecule has 1 aliphatic heterocycles. The molecule has 21 heavy (non-hydrogen) atoms. The number of hydrogen-bond donors (Lipinski definition) is 0. The minimum absolute atomic E-state index is 0.00213. The van der Waals surface area contributed by atoms with Crippen molar-refractivity contribution in [2.24, 2.45) is 5.92 Å². The molecular formula is C16H21ClN2O2. The van der Waals surface area contributed by atoms with Crippen LogP contribution < -0.4 is 0 Å². The second-order valence-electron chi connectivity index (χ2n) is 5.43. The summed E-state index contributed by atoms with van der Waals surface area (Å²) in [7, 11) is 0. The van der Waals surface area contributed by atoms with Crippen LogP contribution in [0.4, 0.5) is 0 Å². The highest BCUT2D eigenvalue weighted by molar-refractivity contribution is 6.30. The largest absolute Gasteiger partial charge is 0.339 e. The van der Waals surface area contributed by atoms with Crippen LogP contribution in [0.1, 0.15) is 30.6 Å². The van der Waals surface area contributed by atoms with E-state index in [2.05, 4.69) is 0 Å². The van der Waals surface area contributed by atoms with Crippen molar-refractivity contribution in [2.45, 2.75) is 20.3 Å². The number of carbonyl (C=O) groups excluding carboxylic acids is 2. The monoisotopic (exact) mass is 308 g/mol. The van der Waals surface area contributed by atoms with Crippen molar-refractivity contribution in [2.75, 3.05) is 26.2 Å². The molecule has 4 nitrogen and oxygen atoms in total. The highest BCUT2D eigenvalue weighted by Crippen LogP contribution is 2.14. The zero-order valence-corrected chi connectivity index (χ0v) is 13.3. The molecule has 5 heteroatoms. The quantitative estimate of drug-likeness (QED) is 0.861. The molecule has 2 amide bonds. The summed E-state index contributed by atoms with van der Waals surface area (Å²) in [5.74, 6) is 0.252. The smallest absolute Gasteiger partial charge is 0.253 e. The molecule has 0 aliphatic carbocycles. The Hall–Kier alpha value is -1.55. The van der Waals surface area contributed by atoms with Crippen LogP contribution in [0.5, 0.6) is 0 Å². The highest BCUT2D eigenvalue weighted by atomic mass is 35.5. The van der Waals surface area contributed by atoms with E-state index in [-0.39, 0.29) is 17.7 Å². The molecule has 1 aliphatic rings. The van der Waals surface area contributed by atoms with Gasteiger partial charge in [-0.1, -0.05) is 25.4 Å². The predicted octanol–water partition coefficient (Wildman–Crippen LogP) is 2.67. The van der Waals surface area contributed by atoms with E-state index >= 15 is 0 Å². The van der Waals surface area contributed by atoms with E-state index in [9.17, 15) is 9.59 Å². The standard InChI is InChI=1S/C16H21ClN2O2/c1-3-12(2)15(20)18-8-10-19(11-9-18)16(21)13-4-6-14(17)7-5-13/h4-7,12H,3,8-11H2,1-2H3. The van der Waals surface area contributed by atoms with E-state index in [4.69, 9.17) is 11.6 Å². The second kappa shape index (κ2) is 6.94. The van der Waals surface area contributed by atoms with Gasteiger partial charge in [0.05, 0.1) is 0 Å². The Morgan fingerprint density at radius 1 is 1.10 bits per heavy atom. The van der Waals surface area contributed by atoms with Gasteiger partial charge in [-0.3, -0.25) is 9.59 Å². The maximum absolute atomic E-state index is 12.4. The first-order chi connectivity index (χ1) is 10.0. The zero-order valence-electron chi connectivity index (χ0n) is 12.5. The lowest BCUT2D eigenvalue weighted by Crippen LogP contribution is -2.51. The molecule has 0 N–H and O–H groups in total. The summed E-state index contributed by atoms with van der Waals surface area (Å²) in [6.45, 7) is 6.37. The lowest BCUT2D eigenvalue weighted by atomic mass is 10.1. The number of nitrogens with zero attached hydrogens (tertiary/aromatic N) is 2. The highest BCUT2D eigenvalue weighted by Gasteiger charge is 2.26. The Morgan fingerprint density at radius 2 is 1.62 bits per heavy atom. The maximum Gasteiger partial charge on any atom is 0.253 e. The molecule has 0 saturated carbocycles. The first kappa shape index (κ1) is 15.8. The van der Waals surface area contributed by atoms with Crippen LogP contribution >= 0.6 is 11.6 Å². The molecule has 1 heterocycles. The van der Waals surface area contributed by atoms with E-state index < -0.39 is 0 Å². The normalized spacial score (nSPS) is 16.7. The number of piperazine rings is 1. The molecule has 1 aromatic rings. The zero-order chi connectivity index (χ0) is 15.4. The summed E-state index contributed by atoms with van der Waals surface area (Å²) in [5.41, 5.74) is 0.640. The number of carbonyl (C=O) groups is 2. The molecule has 1 fully saturated rings. The molecular weight excluding hydrogens is 288 g/mol. The Bertz CT molecular complexity index is 508. The number of amides is 2. The van der Waals surface area contributed by atoms with Crippen molar-refractivity contribution in [1.29, 1.82) is 0 Å². The Balaban J connectivity index is 1.93. The van der Waals surface area contributed by atoms with Crippen molar-refractivity contribution in [3.05, 3.63) is 34.9 Å². The maximum atomic E-state index is 12.4. The second-order valence-corrected chi connectivity index (χ2v) is 5.87. The fourth-order valence-corrected chi connectivity index (χ4v) is 2.52. The fourth-order valence-electron chi connectivity index (χ4n) is 2.39. The topological polar surface area (TPSA) is 40.6 Å². The average Bonchev–Trinajstić information content (AvgIpc) is 2.53. The minimum atomic E-state index is 0.00213. The lowest BCUT2D eigenvalue weighted by Gasteiger charge is -2.36. The Labute approximate surface area is 130 Å². The molecule has 1 atom stereocenters. The molecule has 1 saturated heterocycles. The van der Waals surface area contributed by atoms with Crippen LogP contribution in [0.3, 0.4) is 0 Å². The third-order valence-electron chi connectivity index (χ3n) is 4.00. The van der Waals surface area contributed by atoms with E-state index in [0.717, 1.165) is 6.42 Å². The molecule has 114 valence electrons. The number of rotatable bonds is 3. The van der Waals surface area contributed by atoms with E-state index in [1.165, 1.54) is 0 Å². The average molecular weight is 309 g/mol. The predicted molar refractivity (Wildman–Crippen MR) is 83.4 cm³/mol. The van der Waals surface area contributed by atoms with Crippen LogP contribution in [0.25, 0.3) is 0 Å². The van der Waals surface area contributed by atoms with Gasteiger partial charge in [0, 0.05) is 42.7 Å². The van der Waals surface area contributed by atoms with Crippen LogP contribution in [-0.2, 0) is 4.79 Å². The summed E-state index contributed by atoms with van der Waals surface area (Å²) in [6, 6.07) is 6.91. The van der Waals surface area contributed by atoms with Gasteiger partial charge in [0.25, 0.3) is 5.91 Å². The molecule has 0 spiro atoms. The first-order valence-electron chi connectivity index (χ1n) is 7.36. The van der Waals surface area contributed by atoms with Gasteiger partial charge in [-0.05, 0) is 30.7 Å². The van der Waals surface area contributed by atoms with Gasteiger partial charge in [-0.25, -0.2) is 0 Å². The van der Waals surface area contributed by atoms with Crippen LogP contribution in [0.15, 0.2) is 24.3 Å². The summed E-state index contributed by atoms with van der Waals surface area (Å²) >= 11 is 5.83. The molecule has 1 unspecified atom stereocenters. The summed E-state index contributed by atoms with van der Waals surface area (Å²) in [6.07, 6.45) is 0.850. The van der Waals surface area contributed by atoms with Crippen molar-refractivity contribution in [1.82, 2.24) is 9.80 Å². The van der Waals surface area contributed by atoms with Gasteiger partial charge in [-0.15, -0.1) is 0 Å².